The van der Waals surface area contributed by atoms with Gasteiger partial charge in [0.1, 0.15) is 18.3 Å². The number of nitrogens with one attached hydrogen (secondary N) is 1. The Hall–Kier alpha value is -3.85. The zero-order chi connectivity index (χ0) is 27.0. The quantitative estimate of drug-likeness (QED) is 0.413. The number of likely N-dealkylation sites (N-methyl/N-ethyl adjacent to an activating group) is 1. The maximum atomic E-state index is 13.9. The van der Waals surface area contributed by atoms with Gasteiger partial charge in [-0.3, -0.25) is 13.9 Å². The minimum atomic E-state index is -4.16. The van der Waals surface area contributed by atoms with Crippen molar-refractivity contribution in [3.05, 3.63) is 90.0 Å². The van der Waals surface area contributed by atoms with Gasteiger partial charge in [-0.2, -0.15) is 0 Å². The van der Waals surface area contributed by atoms with Gasteiger partial charge in [0.25, 0.3) is 10.0 Å². The summed E-state index contributed by atoms with van der Waals surface area (Å²) in [5.74, 6) is -0.535. The topological polar surface area (TPSA) is 96.0 Å². The van der Waals surface area contributed by atoms with Crippen molar-refractivity contribution in [1.82, 2.24) is 10.2 Å². The summed E-state index contributed by atoms with van der Waals surface area (Å²) in [4.78, 5) is 28.0. The highest BCUT2D eigenvalue weighted by Gasteiger charge is 2.33. The van der Waals surface area contributed by atoms with Crippen molar-refractivity contribution in [2.24, 2.45) is 0 Å². The molecule has 2 amide bonds. The Balaban J connectivity index is 2.08. The molecule has 9 heteroatoms. The molecule has 0 bridgehead atoms. The van der Waals surface area contributed by atoms with E-state index < -0.39 is 28.5 Å². The lowest BCUT2D eigenvalue weighted by molar-refractivity contribution is -0.139. The largest absolute Gasteiger partial charge is 0.495 e. The van der Waals surface area contributed by atoms with Crippen LogP contribution in [-0.2, 0) is 26.2 Å². The van der Waals surface area contributed by atoms with E-state index in [-0.39, 0.29) is 23.0 Å². The van der Waals surface area contributed by atoms with Crippen LogP contribution < -0.4 is 14.4 Å². The SMILES string of the molecule is CCNC(=O)C(C)N(Cc1ccccc1)C(=O)CN(c1cc(C)ccc1OC)S(=O)(=O)c1ccccc1. The molecular formula is C28H33N3O5S. The number of ether oxygens (including phenoxy) is 1. The van der Waals surface area contributed by atoms with Crippen molar-refractivity contribution in [3.63, 3.8) is 0 Å². The molecule has 3 aromatic rings. The molecule has 0 aliphatic carbocycles. The molecule has 37 heavy (non-hydrogen) atoms. The standard InChI is InChI=1S/C28H33N3O5S/c1-5-29-28(33)22(3)30(19-23-12-8-6-9-13-23)27(32)20-31(25-18-21(2)16-17-26(25)36-4)37(34,35)24-14-10-7-11-15-24/h6-18,22H,5,19-20H2,1-4H3,(H,29,33). The van der Waals surface area contributed by atoms with Crippen LogP contribution in [0.15, 0.2) is 83.8 Å². The number of carbonyl (C=O) groups excluding carboxylic acids is 2. The Kier molecular flexibility index (Phi) is 9.30. The molecule has 0 fully saturated rings. The Morgan fingerprint density at radius 1 is 0.973 bits per heavy atom. The minimum absolute atomic E-state index is 0.0396. The summed E-state index contributed by atoms with van der Waals surface area (Å²) in [7, 11) is -2.71. The summed E-state index contributed by atoms with van der Waals surface area (Å²) in [6.45, 7) is 5.29. The predicted octanol–water partition coefficient (Wildman–Crippen LogP) is 3.75. The monoisotopic (exact) mass is 523 g/mol. The molecular weight excluding hydrogens is 490 g/mol. The number of amides is 2. The molecule has 0 radical (unpaired) electrons. The second kappa shape index (κ2) is 12.4. The smallest absolute Gasteiger partial charge is 0.264 e. The van der Waals surface area contributed by atoms with Gasteiger partial charge in [0.05, 0.1) is 17.7 Å². The summed E-state index contributed by atoms with van der Waals surface area (Å²) in [5, 5.41) is 2.75. The molecule has 1 unspecified atom stereocenters. The fraction of sp³-hybridized carbons (Fsp3) is 0.286. The third-order valence-electron chi connectivity index (χ3n) is 5.93. The third kappa shape index (κ3) is 6.68. The van der Waals surface area contributed by atoms with Gasteiger partial charge >= 0.3 is 0 Å². The Morgan fingerprint density at radius 3 is 2.19 bits per heavy atom. The Bertz CT molecular complexity index is 1310. The number of sulfonamides is 1. The summed E-state index contributed by atoms with van der Waals surface area (Å²) in [6.07, 6.45) is 0. The highest BCUT2D eigenvalue weighted by atomic mass is 32.2. The van der Waals surface area contributed by atoms with E-state index >= 15 is 0 Å². The highest BCUT2D eigenvalue weighted by Crippen LogP contribution is 2.33. The molecule has 3 rings (SSSR count). The van der Waals surface area contributed by atoms with Gasteiger partial charge in [0.2, 0.25) is 11.8 Å². The fourth-order valence-corrected chi connectivity index (χ4v) is 5.35. The summed E-state index contributed by atoms with van der Waals surface area (Å²) >= 11 is 0. The summed E-state index contributed by atoms with van der Waals surface area (Å²) < 4.78 is 34.2. The number of hydrogen-bond donors (Lipinski definition) is 1. The van der Waals surface area contributed by atoms with Crippen LogP contribution in [0.3, 0.4) is 0 Å². The molecule has 0 aromatic heterocycles. The van der Waals surface area contributed by atoms with Crippen LogP contribution in [0.2, 0.25) is 0 Å². The van der Waals surface area contributed by atoms with E-state index in [0.717, 1.165) is 15.4 Å². The molecule has 0 saturated heterocycles. The number of anilines is 1. The number of rotatable bonds is 11. The maximum Gasteiger partial charge on any atom is 0.264 e. The number of carbonyl (C=O) groups is 2. The van der Waals surface area contributed by atoms with Gasteiger partial charge in [0, 0.05) is 13.1 Å². The Labute approximate surface area is 218 Å². The van der Waals surface area contributed by atoms with Gasteiger partial charge in [-0.05, 0) is 56.2 Å². The second-order valence-electron chi connectivity index (χ2n) is 8.58. The van der Waals surface area contributed by atoms with E-state index in [1.165, 1.54) is 24.1 Å². The average Bonchev–Trinajstić information content (AvgIpc) is 2.91. The first-order valence-electron chi connectivity index (χ1n) is 12.0. The van der Waals surface area contributed by atoms with Gasteiger partial charge in [-0.1, -0.05) is 54.6 Å². The zero-order valence-electron chi connectivity index (χ0n) is 21.5. The lowest BCUT2D eigenvalue weighted by Crippen LogP contribution is -2.51. The van der Waals surface area contributed by atoms with Gasteiger partial charge in [0.15, 0.2) is 0 Å². The molecule has 0 saturated carbocycles. The van der Waals surface area contributed by atoms with E-state index in [0.29, 0.717) is 12.3 Å². The maximum absolute atomic E-state index is 13.9. The first kappa shape index (κ1) is 27.7. The highest BCUT2D eigenvalue weighted by molar-refractivity contribution is 7.92. The van der Waals surface area contributed by atoms with E-state index in [9.17, 15) is 18.0 Å². The molecule has 1 atom stereocenters. The second-order valence-corrected chi connectivity index (χ2v) is 10.4. The lowest BCUT2D eigenvalue weighted by Gasteiger charge is -2.32. The first-order chi connectivity index (χ1) is 17.7. The van der Waals surface area contributed by atoms with Crippen LogP contribution in [0.4, 0.5) is 5.69 Å². The molecule has 1 N–H and O–H groups in total. The molecule has 8 nitrogen and oxygen atoms in total. The van der Waals surface area contributed by atoms with Crippen molar-refractivity contribution in [2.45, 2.75) is 38.3 Å². The van der Waals surface area contributed by atoms with Gasteiger partial charge in [-0.15, -0.1) is 0 Å². The summed E-state index contributed by atoms with van der Waals surface area (Å²) in [5.41, 5.74) is 1.86. The number of nitrogens with zero attached hydrogens (tertiary/aromatic N) is 2. The van der Waals surface area contributed by atoms with E-state index in [1.807, 2.05) is 37.3 Å². The number of methoxy groups -OCH3 is 1. The number of hydrogen-bond acceptors (Lipinski definition) is 5. The van der Waals surface area contributed by atoms with Crippen molar-refractivity contribution < 1.29 is 22.7 Å². The molecule has 0 spiro atoms. The molecule has 0 aliphatic heterocycles. The predicted molar refractivity (Wildman–Crippen MR) is 144 cm³/mol. The normalized spacial score (nSPS) is 11.9. The van der Waals surface area contributed by atoms with Crippen LogP contribution in [0.5, 0.6) is 5.75 Å². The van der Waals surface area contributed by atoms with E-state index in [4.69, 9.17) is 4.74 Å². The molecule has 196 valence electrons. The first-order valence-corrected chi connectivity index (χ1v) is 13.5. The fourth-order valence-electron chi connectivity index (χ4n) is 3.91. The van der Waals surface area contributed by atoms with Gasteiger partial charge in [-0.25, -0.2) is 8.42 Å². The van der Waals surface area contributed by atoms with Crippen LogP contribution >= 0.6 is 0 Å². The van der Waals surface area contributed by atoms with Crippen LogP contribution in [0.25, 0.3) is 0 Å². The van der Waals surface area contributed by atoms with Crippen LogP contribution in [0.1, 0.15) is 25.0 Å². The van der Waals surface area contributed by atoms with Crippen molar-refractivity contribution in [1.29, 1.82) is 0 Å². The third-order valence-corrected chi connectivity index (χ3v) is 7.70. The van der Waals surface area contributed by atoms with E-state index in [1.54, 1.807) is 50.2 Å². The van der Waals surface area contributed by atoms with Crippen molar-refractivity contribution in [3.8, 4) is 5.75 Å². The van der Waals surface area contributed by atoms with E-state index in [2.05, 4.69) is 5.32 Å². The molecule has 3 aromatic carbocycles. The summed E-state index contributed by atoms with van der Waals surface area (Å²) in [6, 6.07) is 21.5. The zero-order valence-corrected chi connectivity index (χ0v) is 22.4. The van der Waals surface area contributed by atoms with Crippen LogP contribution in [0, 0.1) is 6.92 Å². The van der Waals surface area contributed by atoms with Crippen molar-refractivity contribution >= 4 is 27.5 Å². The Morgan fingerprint density at radius 2 is 1.59 bits per heavy atom. The minimum Gasteiger partial charge on any atom is -0.495 e. The number of aryl methyl sites for hydroxylation is 1. The number of benzene rings is 3. The van der Waals surface area contributed by atoms with Crippen molar-refractivity contribution in [2.75, 3.05) is 24.5 Å². The van der Waals surface area contributed by atoms with Gasteiger partial charge < -0.3 is 15.0 Å². The molecule has 0 heterocycles. The molecule has 0 aliphatic rings. The van der Waals surface area contributed by atoms with Crippen LogP contribution in [-0.4, -0.2) is 51.4 Å². The average molecular weight is 524 g/mol. The lowest BCUT2D eigenvalue weighted by atomic mass is 10.1.